The molecule has 0 radical (unpaired) electrons. The number of hydrogen-bond acceptors (Lipinski definition) is 5. The number of carboxylic acid groups (broad SMARTS) is 1. The summed E-state index contributed by atoms with van der Waals surface area (Å²) in [6.07, 6.45) is 45.0. The van der Waals surface area contributed by atoms with Crippen LogP contribution in [0.2, 0.25) is 0 Å². The lowest BCUT2D eigenvalue weighted by Gasteiger charge is -2.15. The Balaban J connectivity index is 4.17. The van der Waals surface area contributed by atoms with E-state index in [1.807, 2.05) is 6.08 Å². The molecule has 0 spiro atoms. The molecule has 7 nitrogen and oxygen atoms in total. The van der Waals surface area contributed by atoms with Gasteiger partial charge in [0, 0.05) is 12.8 Å². The Labute approximate surface area is 314 Å². The van der Waals surface area contributed by atoms with Gasteiger partial charge < -0.3 is 20.9 Å². The molecule has 0 heterocycles. The van der Waals surface area contributed by atoms with E-state index < -0.39 is 12.0 Å². The maximum absolute atomic E-state index is 12.7. The van der Waals surface area contributed by atoms with Crippen LogP contribution in [-0.2, 0) is 19.1 Å². The second-order valence-corrected chi connectivity index (χ2v) is 14.4. The number of nitrogens with one attached hydrogen (secondary N) is 1. The normalized spacial score (nSPS) is 13.0. The third-order valence-corrected chi connectivity index (χ3v) is 9.41. The van der Waals surface area contributed by atoms with E-state index in [0.717, 1.165) is 51.4 Å². The lowest BCUT2D eigenvalue weighted by Crippen LogP contribution is -2.40. The number of esters is 1. The standard InChI is InChI=1S/C44H80N2O5/c1-3-5-7-9-11-12-13-14-15-16-17-18-19-20-21-22-24-26-32-38-43(48)51-40(34-29-25-23-10-8-6-4-2)35-30-27-28-31-37-42(47)46-41(44(49)50)36-33-39-45/h10,14-15,23,29,34,40-41H,3-9,11-13,16-22,24-28,30-33,35-39,45H2,1-2H3,(H,46,47)(H,49,50)/b15-14-,23-10-,34-29-. The molecule has 2 unspecified atom stereocenters. The van der Waals surface area contributed by atoms with Crippen LogP contribution in [0.25, 0.3) is 0 Å². The van der Waals surface area contributed by atoms with Crippen LogP contribution < -0.4 is 11.1 Å². The summed E-state index contributed by atoms with van der Waals surface area (Å²) < 4.78 is 5.89. The van der Waals surface area contributed by atoms with Gasteiger partial charge in [0.1, 0.15) is 12.1 Å². The fourth-order valence-electron chi connectivity index (χ4n) is 6.14. The van der Waals surface area contributed by atoms with Crippen molar-refractivity contribution in [1.29, 1.82) is 0 Å². The highest BCUT2D eigenvalue weighted by Gasteiger charge is 2.19. The first-order chi connectivity index (χ1) is 24.9. The number of nitrogens with two attached hydrogens (primary N) is 1. The van der Waals surface area contributed by atoms with Crippen molar-refractivity contribution in [2.24, 2.45) is 5.73 Å². The Morgan fingerprint density at radius 1 is 0.588 bits per heavy atom. The van der Waals surface area contributed by atoms with Gasteiger partial charge in [-0.1, -0.05) is 147 Å². The highest BCUT2D eigenvalue weighted by Crippen LogP contribution is 2.15. The zero-order chi connectivity index (χ0) is 37.5. The summed E-state index contributed by atoms with van der Waals surface area (Å²) in [5, 5.41) is 11.9. The first kappa shape index (κ1) is 48.6. The molecule has 0 saturated carbocycles. The zero-order valence-corrected chi connectivity index (χ0v) is 33.2. The van der Waals surface area contributed by atoms with E-state index in [9.17, 15) is 19.5 Å². The number of amides is 1. The third-order valence-electron chi connectivity index (χ3n) is 9.41. The van der Waals surface area contributed by atoms with Crippen molar-refractivity contribution in [2.45, 2.75) is 219 Å². The Kier molecular flexibility index (Phi) is 37.0. The average Bonchev–Trinajstić information content (AvgIpc) is 3.11. The molecule has 0 aliphatic rings. The van der Waals surface area contributed by atoms with Gasteiger partial charge in [0.15, 0.2) is 0 Å². The maximum atomic E-state index is 12.7. The molecule has 2 atom stereocenters. The zero-order valence-electron chi connectivity index (χ0n) is 33.2. The fraction of sp³-hybridized carbons (Fsp3) is 0.795. The van der Waals surface area contributed by atoms with E-state index in [0.29, 0.717) is 38.6 Å². The molecule has 0 aliphatic carbocycles. The summed E-state index contributed by atoms with van der Waals surface area (Å²) in [7, 11) is 0. The molecule has 0 aromatic carbocycles. The van der Waals surface area contributed by atoms with E-state index in [1.165, 1.54) is 109 Å². The Hall–Kier alpha value is -2.41. The van der Waals surface area contributed by atoms with Crippen LogP contribution in [-0.4, -0.2) is 41.6 Å². The predicted octanol–water partition coefficient (Wildman–Crippen LogP) is 11.8. The lowest BCUT2D eigenvalue weighted by atomic mass is 10.1. The van der Waals surface area contributed by atoms with E-state index in [-0.39, 0.29) is 18.0 Å². The van der Waals surface area contributed by atoms with Crippen LogP contribution in [0, 0.1) is 0 Å². The van der Waals surface area contributed by atoms with Gasteiger partial charge in [-0.2, -0.15) is 0 Å². The smallest absolute Gasteiger partial charge is 0.326 e. The number of carbonyl (C=O) groups excluding carboxylic acids is 2. The SMILES string of the molecule is CCCC/C=C\C/C=C\C(CCCCCCC(=O)NC(CCCN)C(=O)O)OC(=O)CCCCCCCCCCC/C=C\CCCCCCCC. The maximum Gasteiger partial charge on any atom is 0.326 e. The molecule has 1 amide bonds. The largest absolute Gasteiger partial charge is 0.480 e. The molecule has 0 aliphatic heterocycles. The topological polar surface area (TPSA) is 119 Å². The highest BCUT2D eigenvalue weighted by molar-refractivity contribution is 5.83. The van der Waals surface area contributed by atoms with Gasteiger partial charge in [0.25, 0.3) is 0 Å². The van der Waals surface area contributed by atoms with Gasteiger partial charge in [-0.15, -0.1) is 0 Å². The van der Waals surface area contributed by atoms with Crippen LogP contribution in [0.4, 0.5) is 0 Å². The summed E-state index contributed by atoms with van der Waals surface area (Å²) >= 11 is 0. The Morgan fingerprint density at radius 3 is 1.69 bits per heavy atom. The van der Waals surface area contributed by atoms with Gasteiger partial charge in [0.2, 0.25) is 5.91 Å². The minimum Gasteiger partial charge on any atom is -0.480 e. The third kappa shape index (κ3) is 35.8. The van der Waals surface area contributed by atoms with Crippen LogP contribution >= 0.6 is 0 Å². The second kappa shape index (κ2) is 38.8. The molecule has 7 heteroatoms. The number of allylic oxidation sites excluding steroid dienone is 5. The first-order valence-corrected chi connectivity index (χ1v) is 21.3. The summed E-state index contributed by atoms with van der Waals surface area (Å²) in [4.78, 5) is 36.2. The molecule has 0 saturated heterocycles. The quantitative estimate of drug-likeness (QED) is 0.0332. The van der Waals surface area contributed by atoms with Gasteiger partial charge in [-0.25, -0.2) is 4.79 Å². The van der Waals surface area contributed by atoms with Crippen molar-refractivity contribution in [3.05, 3.63) is 36.5 Å². The van der Waals surface area contributed by atoms with E-state index >= 15 is 0 Å². The van der Waals surface area contributed by atoms with Crippen molar-refractivity contribution in [1.82, 2.24) is 5.32 Å². The van der Waals surface area contributed by atoms with Crippen LogP contribution in [0.15, 0.2) is 36.5 Å². The van der Waals surface area contributed by atoms with E-state index in [1.54, 1.807) is 0 Å². The molecular weight excluding hydrogens is 636 g/mol. The Morgan fingerprint density at radius 2 is 1.10 bits per heavy atom. The molecule has 4 N–H and O–H groups in total. The van der Waals surface area contributed by atoms with E-state index in [2.05, 4.69) is 49.5 Å². The number of rotatable bonds is 38. The summed E-state index contributed by atoms with van der Waals surface area (Å²) in [5.74, 6) is -1.35. The van der Waals surface area contributed by atoms with E-state index in [4.69, 9.17) is 10.5 Å². The van der Waals surface area contributed by atoms with Crippen molar-refractivity contribution >= 4 is 17.8 Å². The summed E-state index contributed by atoms with van der Waals surface area (Å²) in [6.45, 7) is 4.87. The van der Waals surface area contributed by atoms with Crippen molar-refractivity contribution in [3.8, 4) is 0 Å². The molecule has 0 fully saturated rings. The van der Waals surface area contributed by atoms with Gasteiger partial charge >= 0.3 is 11.9 Å². The predicted molar refractivity (Wildman–Crippen MR) is 216 cm³/mol. The molecule has 0 rings (SSSR count). The first-order valence-electron chi connectivity index (χ1n) is 21.3. The number of carboxylic acids is 1. The van der Waals surface area contributed by atoms with Crippen molar-refractivity contribution < 1.29 is 24.2 Å². The fourth-order valence-corrected chi connectivity index (χ4v) is 6.14. The van der Waals surface area contributed by atoms with Crippen LogP contribution in [0.5, 0.6) is 0 Å². The average molecular weight is 717 g/mol. The summed E-state index contributed by atoms with van der Waals surface area (Å²) in [5.41, 5.74) is 5.47. The number of unbranched alkanes of at least 4 members (excludes halogenated alkanes) is 20. The highest BCUT2D eigenvalue weighted by atomic mass is 16.5. The van der Waals surface area contributed by atoms with Crippen molar-refractivity contribution in [3.63, 3.8) is 0 Å². The molecule has 0 aromatic rings. The van der Waals surface area contributed by atoms with Gasteiger partial charge in [-0.05, 0) is 89.7 Å². The van der Waals surface area contributed by atoms with Gasteiger partial charge in [0.05, 0.1) is 0 Å². The Bertz CT molecular complexity index is 900. The minimum atomic E-state index is -1.02. The minimum absolute atomic E-state index is 0.108. The van der Waals surface area contributed by atoms with Crippen LogP contribution in [0.1, 0.15) is 206 Å². The number of hydrogen-bond donors (Lipinski definition) is 3. The van der Waals surface area contributed by atoms with Crippen LogP contribution in [0.3, 0.4) is 0 Å². The molecule has 0 bridgehead atoms. The number of aliphatic carboxylic acids is 1. The molecule has 51 heavy (non-hydrogen) atoms. The molecule has 0 aromatic heterocycles. The molecular formula is C44H80N2O5. The monoisotopic (exact) mass is 717 g/mol. The number of carbonyl (C=O) groups is 3. The number of ether oxygens (including phenoxy) is 1. The molecule has 296 valence electrons. The lowest BCUT2D eigenvalue weighted by molar-refractivity contribution is -0.147. The summed E-state index contributed by atoms with van der Waals surface area (Å²) in [6, 6.07) is -0.873. The van der Waals surface area contributed by atoms with Crippen molar-refractivity contribution in [2.75, 3.05) is 6.54 Å². The van der Waals surface area contributed by atoms with Gasteiger partial charge in [-0.3, -0.25) is 9.59 Å². The second-order valence-electron chi connectivity index (χ2n) is 14.4.